The van der Waals surface area contributed by atoms with Crippen LogP contribution in [0.2, 0.25) is 0 Å². The van der Waals surface area contributed by atoms with Gasteiger partial charge in [0.25, 0.3) is 0 Å². The molecule has 0 fully saturated rings. The van der Waals surface area contributed by atoms with Crippen LogP contribution in [0.15, 0.2) is 24.4 Å². The van der Waals surface area contributed by atoms with Crippen molar-refractivity contribution in [3.05, 3.63) is 30.0 Å². The topological polar surface area (TPSA) is 95.1 Å². The highest BCUT2D eigenvalue weighted by molar-refractivity contribution is 5.92. The van der Waals surface area contributed by atoms with Gasteiger partial charge in [0.2, 0.25) is 5.91 Å². The van der Waals surface area contributed by atoms with E-state index in [1.54, 1.807) is 13.2 Å². The molecule has 1 heterocycles. The highest BCUT2D eigenvalue weighted by Crippen LogP contribution is 2.25. The molecule has 0 aliphatic rings. The van der Waals surface area contributed by atoms with Crippen LogP contribution in [0.25, 0.3) is 0 Å². The Balaban J connectivity index is 2.08. The third kappa shape index (κ3) is 3.21. The Hall–Kier alpha value is -2.57. The van der Waals surface area contributed by atoms with Gasteiger partial charge < -0.3 is 15.8 Å². The van der Waals surface area contributed by atoms with Crippen molar-refractivity contribution in [2.24, 2.45) is 0 Å². The summed E-state index contributed by atoms with van der Waals surface area (Å²) in [5.74, 6) is 0.659. The first kappa shape index (κ1) is 12.9. The van der Waals surface area contributed by atoms with Crippen LogP contribution in [0.1, 0.15) is 5.56 Å². The summed E-state index contributed by atoms with van der Waals surface area (Å²) in [4.78, 5) is 11.9. The van der Waals surface area contributed by atoms with Crippen LogP contribution in [-0.4, -0.2) is 28.0 Å². The number of amides is 1. The molecule has 100 valence electrons. The maximum atomic E-state index is 11.9. The number of anilines is 2. The van der Waals surface area contributed by atoms with Gasteiger partial charge >= 0.3 is 0 Å². The molecule has 7 nitrogen and oxygen atoms in total. The highest BCUT2D eigenvalue weighted by atomic mass is 16.5. The molecule has 0 saturated carbocycles. The summed E-state index contributed by atoms with van der Waals surface area (Å²) in [5.41, 5.74) is 7.08. The van der Waals surface area contributed by atoms with Crippen molar-refractivity contribution in [2.45, 2.75) is 13.5 Å². The van der Waals surface area contributed by atoms with Gasteiger partial charge in [0, 0.05) is 0 Å². The number of hydrogen-bond acceptors (Lipinski definition) is 5. The molecule has 0 unspecified atom stereocenters. The minimum Gasteiger partial charge on any atom is -0.495 e. The summed E-state index contributed by atoms with van der Waals surface area (Å²) in [6, 6.07) is 5.55. The normalized spacial score (nSPS) is 10.2. The van der Waals surface area contributed by atoms with E-state index >= 15 is 0 Å². The van der Waals surface area contributed by atoms with Crippen LogP contribution in [0.5, 0.6) is 5.75 Å². The summed E-state index contributed by atoms with van der Waals surface area (Å²) in [7, 11) is 1.55. The van der Waals surface area contributed by atoms with E-state index in [0.717, 1.165) is 5.56 Å². The zero-order chi connectivity index (χ0) is 13.8. The number of ether oxygens (including phenoxy) is 1. The standard InChI is InChI=1S/C12H15N5O2/c1-8-3-4-10(19-2)9(5-8)14-12(18)7-17-6-11(13)15-16-17/h3-6H,7,13H2,1-2H3,(H,14,18). The molecule has 0 bridgehead atoms. The maximum absolute atomic E-state index is 11.9. The molecule has 3 N–H and O–H groups in total. The molecule has 2 rings (SSSR count). The van der Waals surface area contributed by atoms with Crippen molar-refractivity contribution in [3.8, 4) is 5.75 Å². The van der Waals surface area contributed by atoms with Gasteiger partial charge in [-0.15, -0.1) is 5.10 Å². The van der Waals surface area contributed by atoms with Gasteiger partial charge in [-0.1, -0.05) is 11.3 Å². The molecule has 7 heteroatoms. The number of nitrogens with two attached hydrogens (primary N) is 1. The molecule has 0 aliphatic heterocycles. The Morgan fingerprint density at radius 3 is 2.95 bits per heavy atom. The number of aromatic nitrogens is 3. The van der Waals surface area contributed by atoms with E-state index in [4.69, 9.17) is 10.5 Å². The summed E-state index contributed by atoms with van der Waals surface area (Å²) in [6.45, 7) is 1.98. The molecule has 0 radical (unpaired) electrons. The molecule has 0 atom stereocenters. The number of hydrogen-bond donors (Lipinski definition) is 2. The quantitative estimate of drug-likeness (QED) is 0.849. The Bertz CT molecular complexity index is 594. The Morgan fingerprint density at radius 2 is 2.32 bits per heavy atom. The number of nitrogens with zero attached hydrogens (tertiary/aromatic N) is 3. The molecule has 19 heavy (non-hydrogen) atoms. The van der Waals surface area contributed by atoms with Crippen molar-refractivity contribution in [3.63, 3.8) is 0 Å². The first-order valence-corrected chi connectivity index (χ1v) is 5.68. The summed E-state index contributed by atoms with van der Waals surface area (Å²) >= 11 is 0. The number of aryl methyl sites for hydroxylation is 1. The first-order valence-electron chi connectivity index (χ1n) is 5.68. The smallest absolute Gasteiger partial charge is 0.246 e. The zero-order valence-corrected chi connectivity index (χ0v) is 10.8. The number of carbonyl (C=O) groups is 1. The van der Waals surface area contributed by atoms with Crippen LogP contribution in [0, 0.1) is 6.92 Å². The van der Waals surface area contributed by atoms with E-state index in [0.29, 0.717) is 11.4 Å². The van der Waals surface area contributed by atoms with Crippen LogP contribution in [0.3, 0.4) is 0 Å². The van der Waals surface area contributed by atoms with E-state index in [2.05, 4.69) is 15.6 Å². The van der Waals surface area contributed by atoms with Crippen LogP contribution in [0.4, 0.5) is 11.5 Å². The van der Waals surface area contributed by atoms with Gasteiger partial charge in [0.1, 0.15) is 12.3 Å². The van der Waals surface area contributed by atoms with E-state index in [1.807, 2.05) is 19.1 Å². The van der Waals surface area contributed by atoms with Gasteiger partial charge in [0.15, 0.2) is 5.82 Å². The van der Waals surface area contributed by atoms with Gasteiger partial charge in [-0.05, 0) is 24.6 Å². The lowest BCUT2D eigenvalue weighted by molar-refractivity contribution is -0.116. The number of benzene rings is 1. The number of carbonyl (C=O) groups excluding carboxylic acids is 1. The Kier molecular flexibility index (Phi) is 3.65. The second kappa shape index (κ2) is 5.38. The van der Waals surface area contributed by atoms with Crippen molar-refractivity contribution >= 4 is 17.4 Å². The maximum Gasteiger partial charge on any atom is 0.246 e. The van der Waals surface area contributed by atoms with E-state index < -0.39 is 0 Å². The molecule has 0 spiro atoms. The van der Waals surface area contributed by atoms with Gasteiger partial charge in [-0.25, -0.2) is 4.68 Å². The lowest BCUT2D eigenvalue weighted by Gasteiger charge is -2.10. The van der Waals surface area contributed by atoms with Crippen LogP contribution in [-0.2, 0) is 11.3 Å². The summed E-state index contributed by atoms with van der Waals surface area (Å²) < 4.78 is 6.55. The second-order valence-electron chi connectivity index (χ2n) is 4.09. The van der Waals surface area contributed by atoms with E-state index in [1.165, 1.54) is 10.9 Å². The van der Waals surface area contributed by atoms with Gasteiger partial charge in [-0.3, -0.25) is 4.79 Å². The zero-order valence-electron chi connectivity index (χ0n) is 10.8. The van der Waals surface area contributed by atoms with Crippen molar-refractivity contribution in [2.75, 3.05) is 18.2 Å². The number of nitrogen functional groups attached to an aromatic ring is 1. The molecule has 1 aromatic carbocycles. The average Bonchev–Trinajstić information content (AvgIpc) is 2.75. The average molecular weight is 261 g/mol. The van der Waals surface area contributed by atoms with E-state index in [9.17, 15) is 4.79 Å². The monoisotopic (exact) mass is 261 g/mol. The Labute approximate surface area is 110 Å². The number of methoxy groups -OCH3 is 1. The summed E-state index contributed by atoms with van der Waals surface area (Å²) in [5, 5.41) is 10.1. The largest absolute Gasteiger partial charge is 0.495 e. The number of rotatable bonds is 4. The molecular formula is C12H15N5O2. The molecular weight excluding hydrogens is 246 g/mol. The van der Waals surface area contributed by atoms with Gasteiger partial charge in [-0.2, -0.15) is 0 Å². The van der Waals surface area contributed by atoms with Gasteiger partial charge in [0.05, 0.1) is 19.0 Å². The number of nitrogens with one attached hydrogen (secondary N) is 1. The first-order chi connectivity index (χ1) is 9.08. The fraction of sp³-hybridized carbons (Fsp3) is 0.250. The summed E-state index contributed by atoms with van der Waals surface area (Å²) in [6.07, 6.45) is 1.49. The lowest BCUT2D eigenvalue weighted by Crippen LogP contribution is -2.19. The third-order valence-electron chi connectivity index (χ3n) is 2.49. The molecule has 1 amide bonds. The predicted octanol–water partition coefficient (Wildman–Crippen LogP) is 0.816. The van der Waals surface area contributed by atoms with Crippen molar-refractivity contribution < 1.29 is 9.53 Å². The van der Waals surface area contributed by atoms with Crippen molar-refractivity contribution in [1.29, 1.82) is 0 Å². The second-order valence-corrected chi connectivity index (χ2v) is 4.09. The third-order valence-corrected chi connectivity index (χ3v) is 2.49. The fourth-order valence-corrected chi connectivity index (χ4v) is 1.65. The molecule has 0 saturated heterocycles. The van der Waals surface area contributed by atoms with E-state index in [-0.39, 0.29) is 18.3 Å². The molecule has 0 aliphatic carbocycles. The van der Waals surface area contributed by atoms with Crippen molar-refractivity contribution in [1.82, 2.24) is 15.0 Å². The predicted molar refractivity (Wildman–Crippen MR) is 70.8 cm³/mol. The molecule has 1 aromatic heterocycles. The van der Waals surface area contributed by atoms with Crippen LogP contribution >= 0.6 is 0 Å². The Morgan fingerprint density at radius 1 is 1.53 bits per heavy atom. The minimum absolute atomic E-state index is 0.0430. The lowest BCUT2D eigenvalue weighted by atomic mass is 10.2. The molecule has 2 aromatic rings. The highest BCUT2D eigenvalue weighted by Gasteiger charge is 2.09. The SMILES string of the molecule is COc1ccc(C)cc1NC(=O)Cn1cc(N)nn1. The minimum atomic E-state index is -0.228. The fourth-order valence-electron chi connectivity index (χ4n) is 1.65. The van der Waals surface area contributed by atoms with Crippen LogP contribution < -0.4 is 15.8 Å².